The summed E-state index contributed by atoms with van der Waals surface area (Å²) in [5.74, 6) is 0.487. The van der Waals surface area contributed by atoms with E-state index < -0.39 is 0 Å². The maximum atomic E-state index is 12.6. The van der Waals surface area contributed by atoms with E-state index in [1.807, 2.05) is 48.5 Å². The molecule has 0 saturated carbocycles. The molecule has 2 aromatic carbocycles. The normalized spacial score (nSPS) is 13.1. The number of nitrogens with zero attached hydrogens (tertiary/aromatic N) is 2. The Hall–Kier alpha value is -2.88. The van der Waals surface area contributed by atoms with Crippen LogP contribution in [0.1, 0.15) is 16.1 Å². The number of amides is 1. The van der Waals surface area contributed by atoms with Crippen LogP contribution >= 0.6 is 0 Å². The number of carbonyl (C=O) groups is 1. The fourth-order valence-electron chi connectivity index (χ4n) is 2.88. The Morgan fingerprint density at radius 1 is 1.00 bits per heavy atom. The third kappa shape index (κ3) is 1.76. The number of nitrogens with two attached hydrogens (primary N) is 1. The van der Waals surface area contributed by atoms with E-state index in [-0.39, 0.29) is 5.91 Å². The van der Waals surface area contributed by atoms with Crippen molar-refractivity contribution in [2.24, 2.45) is 0 Å². The molecule has 0 radical (unpaired) electrons. The molecule has 2 N–H and O–H groups in total. The van der Waals surface area contributed by atoms with E-state index in [1.165, 1.54) is 0 Å². The van der Waals surface area contributed by atoms with Crippen LogP contribution in [0.25, 0.3) is 10.8 Å². The first-order chi connectivity index (χ1) is 10.2. The molecule has 102 valence electrons. The highest BCUT2D eigenvalue weighted by atomic mass is 16.2. The molecule has 21 heavy (non-hydrogen) atoms. The smallest absolute Gasteiger partial charge is 0.259 e. The average molecular weight is 275 g/mol. The van der Waals surface area contributed by atoms with Gasteiger partial charge >= 0.3 is 0 Å². The monoisotopic (exact) mass is 275 g/mol. The van der Waals surface area contributed by atoms with Crippen molar-refractivity contribution in [3.63, 3.8) is 0 Å². The molecule has 4 heteroatoms. The van der Waals surface area contributed by atoms with Crippen LogP contribution in [-0.2, 0) is 6.54 Å². The van der Waals surface area contributed by atoms with E-state index in [0.29, 0.717) is 12.4 Å². The van der Waals surface area contributed by atoms with Gasteiger partial charge in [-0.1, -0.05) is 30.3 Å². The number of pyridine rings is 1. The van der Waals surface area contributed by atoms with Gasteiger partial charge in [-0.15, -0.1) is 0 Å². The lowest BCUT2D eigenvalue weighted by atomic mass is 10.1. The largest absolute Gasteiger partial charge is 0.384 e. The zero-order chi connectivity index (χ0) is 14.4. The fourth-order valence-corrected chi connectivity index (χ4v) is 2.88. The van der Waals surface area contributed by atoms with Crippen LogP contribution in [0.4, 0.5) is 11.5 Å². The Morgan fingerprint density at radius 3 is 2.57 bits per heavy atom. The van der Waals surface area contributed by atoms with E-state index in [4.69, 9.17) is 5.73 Å². The number of aromatic nitrogens is 1. The number of carbonyl (C=O) groups excluding carboxylic acids is 1. The zero-order valence-corrected chi connectivity index (χ0v) is 11.3. The number of benzene rings is 2. The molecular weight excluding hydrogens is 262 g/mol. The van der Waals surface area contributed by atoms with E-state index in [2.05, 4.69) is 4.98 Å². The Morgan fingerprint density at radius 2 is 1.76 bits per heavy atom. The zero-order valence-electron chi connectivity index (χ0n) is 11.3. The van der Waals surface area contributed by atoms with Crippen molar-refractivity contribution in [1.82, 2.24) is 4.98 Å². The molecule has 0 atom stereocenters. The quantitative estimate of drug-likeness (QED) is 0.782. The van der Waals surface area contributed by atoms with Gasteiger partial charge in [0.1, 0.15) is 5.82 Å². The first-order valence-electron chi connectivity index (χ1n) is 6.79. The van der Waals surface area contributed by atoms with E-state index in [9.17, 15) is 4.79 Å². The molecule has 0 fully saturated rings. The molecule has 4 rings (SSSR count). The van der Waals surface area contributed by atoms with Crippen LogP contribution in [0.5, 0.6) is 0 Å². The standard InChI is InChI=1S/C17H13N3O/c18-15-9-3-6-12(19-15)10-20-14-8-2-5-11-4-1-7-13(16(11)14)17(20)21/h1-9H,10H2,(H2,18,19). The van der Waals surface area contributed by atoms with Gasteiger partial charge in [0.05, 0.1) is 17.9 Å². The lowest BCUT2D eigenvalue weighted by Crippen LogP contribution is -2.26. The number of nitrogen functional groups attached to an aromatic ring is 1. The minimum Gasteiger partial charge on any atom is -0.384 e. The van der Waals surface area contributed by atoms with Gasteiger partial charge in [0.15, 0.2) is 0 Å². The third-order valence-corrected chi connectivity index (χ3v) is 3.80. The number of rotatable bonds is 2. The van der Waals surface area contributed by atoms with Gasteiger partial charge in [-0.2, -0.15) is 0 Å². The summed E-state index contributed by atoms with van der Waals surface area (Å²) in [6, 6.07) is 17.3. The van der Waals surface area contributed by atoms with Gasteiger partial charge in [-0.25, -0.2) is 4.98 Å². The third-order valence-electron chi connectivity index (χ3n) is 3.80. The lowest BCUT2D eigenvalue weighted by Gasteiger charge is -2.17. The molecule has 1 aliphatic heterocycles. The van der Waals surface area contributed by atoms with E-state index in [1.54, 1.807) is 11.0 Å². The van der Waals surface area contributed by atoms with Crippen LogP contribution in [0.2, 0.25) is 0 Å². The second-order valence-electron chi connectivity index (χ2n) is 5.13. The summed E-state index contributed by atoms with van der Waals surface area (Å²) in [5.41, 5.74) is 8.20. The Kier molecular flexibility index (Phi) is 2.44. The Bertz CT molecular complexity index is 868. The first-order valence-corrected chi connectivity index (χ1v) is 6.79. The summed E-state index contributed by atoms with van der Waals surface area (Å²) >= 11 is 0. The van der Waals surface area contributed by atoms with Crippen molar-refractivity contribution in [1.29, 1.82) is 0 Å². The molecule has 4 nitrogen and oxygen atoms in total. The minimum atomic E-state index is 0.0195. The Balaban J connectivity index is 1.82. The molecule has 0 spiro atoms. The molecule has 0 saturated heterocycles. The Labute approximate surface area is 121 Å². The van der Waals surface area contributed by atoms with Gasteiger partial charge in [-0.3, -0.25) is 4.79 Å². The van der Waals surface area contributed by atoms with Crippen LogP contribution in [0, 0.1) is 0 Å². The topological polar surface area (TPSA) is 59.2 Å². The highest BCUT2D eigenvalue weighted by Gasteiger charge is 2.29. The van der Waals surface area contributed by atoms with Gasteiger partial charge < -0.3 is 10.6 Å². The van der Waals surface area contributed by atoms with Crippen molar-refractivity contribution in [2.75, 3.05) is 10.6 Å². The van der Waals surface area contributed by atoms with Crippen molar-refractivity contribution in [3.05, 3.63) is 65.9 Å². The number of anilines is 2. The van der Waals surface area contributed by atoms with Crippen molar-refractivity contribution in [2.45, 2.75) is 6.54 Å². The molecule has 0 bridgehead atoms. The van der Waals surface area contributed by atoms with Crippen molar-refractivity contribution in [3.8, 4) is 0 Å². The van der Waals surface area contributed by atoms with E-state index in [0.717, 1.165) is 27.7 Å². The highest BCUT2D eigenvalue weighted by molar-refractivity contribution is 6.24. The van der Waals surface area contributed by atoms with Crippen LogP contribution < -0.4 is 10.6 Å². The maximum absolute atomic E-state index is 12.6. The van der Waals surface area contributed by atoms with Gasteiger partial charge in [0.2, 0.25) is 0 Å². The second kappa shape index (κ2) is 4.31. The summed E-state index contributed by atoms with van der Waals surface area (Å²) in [6.07, 6.45) is 0. The lowest BCUT2D eigenvalue weighted by molar-refractivity contribution is 0.0991. The van der Waals surface area contributed by atoms with Gasteiger partial charge in [0.25, 0.3) is 5.91 Å². The summed E-state index contributed by atoms with van der Waals surface area (Å²) in [4.78, 5) is 18.7. The summed E-state index contributed by atoms with van der Waals surface area (Å²) in [5, 5.41) is 2.11. The predicted molar refractivity (Wildman–Crippen MR) is 83.1 cm³/mol. The molecule has 0 unspecified atom stereocenters. The number of hydrogen-bond donors (Lipinski definition) is 1. The second-order valence-corrected chi connectivity index (χ2v) is 5.13. The maximum Gasteiger partial charge on any atom is 0.259 e. The van der Waals surface area contributed by atoms with Crippen LogP contribution in [0.3, 0.4) is 0 Å². The fraction of sp³-hybridized carbons (Fsp3) is 0.0588. The molecular formula is C17H13N3O. The van der Waals surface area contributed by atoms with E-state index >= 15 is 0 Å². The van der Waals surface area contributed by atoms with Crippen molar-refractivity contribution < 1.29 is 4.79 Å². The van der Waals surface area contributed by atoms with Gasteiger partial charge in [0, 0.05) is 10.9 Å². The van der Waals surface area contributed by atoms with Crippen LogP contribution in [-0.4, -0.2) is 10.9 Å². The summed E-state index contributed by atoms with van der Waals surface area (Å²) in [7, 11) is 0. The van der Waals surface area contributed by atoms with Crippen molar-refractivity contribution >= 4 is 28.2 Å². The van der Waals surface area contributed by atoms with Gasteiger partial charge in [-0.05, 0) is 29.7 Å². The highest BCUT2D eigenvalue weighted by Crippen LogP contribution is 2.37. The molecule has 1 aromatic heterocycles. The van der Waals surface area contributed by atoms with Crippen LogP contribution in [0.15, 0.2) is 54.6 Å². The summed E-state index contributed by atoms with van der Waals surface area (Å²) < 4.78 is 0. The average Bonchev–Trinajstić information content (AvgIpc) is 2.76. The SMILES string of the molecule is Nc1cccc(CN2C(=O)c3cccc4cccc2c34)n1. The molecule has 0 aliphatic carbocycles. The molecule has 2 heterocycles. The molecule has 1 amide bonds. The molecule has 1 aliphatic rings. The number of hydrogen-bond acceptors (Lipinski definition) is 3. The minimum absolute atomic E-state index is 0.0195. The molecule has 3 aromatic rings. The predicted octanol–water partition coefficient (Wildman–Crippen LogP) is 2.98. The summed E-state index contributed by atoms with van der Waals surface area (Å²) in [6.45, 7) is 0.428. The first kappa shape index (κ1) is 11.9.